The average molecular weight is 270 g/mol. The van der Waals surface area contributed by atoms with Crippen molar-refractivity contribution in [2.45, 2.75) is 32.5 Å². The highest BCUT2D eigenvalue weighted by Gasteiger charge is 2.14. The molecule has 106 valence electrons. The van der Waals surface area contributed by atoms with Gasteiger partial charge in [0, 0.05) is 7.11 Å². The van der Waals surface area contributed by atoms with E-state index in [0.717, 1.165) is 29.5 Å². The Kier molecular flexibility index (Phi) is 5.33. The van der Waals surface area contributed by atoms with Crippen LogP contribution in [0.1, 0.15) is 41.7 Å². The number of rotatable bonds is 6. The summed E-state index contributed by atoms with van der Waals surface area (Å²) in [6.45, 7) is 2.68. The van der Waals surface area contributed by atoms with Gasteiger partial charge in [0.05, 0.1) is 6.61 Å². The lowest BCUT2D eigenvalue weighted by atomic mass is 9.95. The molecule has 2 nitrogen and oxygen atoms in total. The molecular weight excluding hydrogens is 248 g/mol. The summed E-state index contributed by atoms with van der Waals surface area (Å²) >= 11 is 0. The summed E-state index contributed by atoms with van der Waals surface area (Å²) < 4.78 is 5.21. The van der Waals surface area contributed by atoms with Crippen LogP contribution in [-0.4, -0.2) is 12.2 Å². The number of benzene rings is 2. The third-order valence-electron chi connectivity index (χ3n) is 3.45. The summed E-state index contributed by atoms with van der Waals surface area (Å²) in [5.41, 5.74) is 4.17. The number of aliphatic hydroxyl groups is 1. The van der Waals surface area contributed by atoms with E-state index in [1.54, 1.807) is 7.11 Å². The van der Waals surface area contributed by atoms with Crippen molar-refractivity contribution in [3.63, 3.8) is 0 Å². The zero-order valence-corrected chi connectivity index (χ0v) is 12.2. The summed E-state index contributed by atoms with van der Waals surface area (Å²) in [4.78, 5) is 0. The molecule has 1 unspecified atom stereocenters. The molecule has 0 aliphatic rings. The van der Waals surface area contributed by atoms with E-state index in [2.05, 4.69) is 19.1 Å². The SMILES string of the molecule is CCCc1cccc(C(O)c2ccccc2COC)c1. The van der Waals surface area contributed by atoms with Crippen LogP contribution in [0.4, 0.5) is 0 Å². The molecule has 0 amide bonds. The highest BCUT2D eigenvalue weighted by atomic mass is 16.5. The fourth-order valence-corrected chi connectivity index (χ4v) is 2.47. The van der Waals surface area contributed by atoms with Gasteiger partial charge in [-0.1, -0.05) is 61.9 Å². The number of hydrogen-bond acceptors (Lipinski definition) is 2. The predicted octanol–water partition coefficient (Wildman–Crippen LogP) is 3.87. The van der Waals surface area contributed by atoms with Gasteiger partial charge in [0.2, 0.25) is 0 Å². The van der Waals surface area contributed by atoms with Crippen LogP contribution in [0.5, 0.6) is 0 Å². The minimum atomic E-state index is -0.599. The van der Waals surface area contributed by atoms with Crippen LogP contribution in [0.15, 0.2) is 48.5 Å². The molecule has 0 saturated heterocycles. The Labute approximate surface area is 121 Å². The number of methoxy groups -OCH3 is 1. The molecule has 0 fully saturated rings. The maximum Gasteiger partial charge on any atom is 0.104 e. The molecule has 2 heteroatoms. The monoisotopic (exact) mass is 270 g/mol. The number of ether oxygens (including phenoxy) is 1. The quantitative estimate of drug-likeness (QED) is 0.863. The van der Waals surface area contributed by atoms with Crippen molar-refractivity contribution in [3.8, 4) is 0 Å². The minimum Gasteiger partial charge on any atom is -0.384 e. The van der Waals surface area contributed by atoms with Crippen molar-refractivity contribution < 1.29 is 9.84 Å². The maximum absolute atomic E-state index is 10.6. The van der Waals surface area contributed by atoms with Gasteiger partial charge in [-0.15, -0.1) is 0 Å². The molecular formula is C18H22O2. The predicted molar refractivity (Wildman–Crippen MR) is 81.7 cm³/mol. The fraction of sp³-hybridized carbons (Fsp3) is 0.333. The molecule has 1 atom stereocenters. The molecule has 0 saturated carbocycles. The van der Waals surface area contributed by atoms with Gasteiger partial charge in [0.15, 0.2) is 0 Å². The van der Waals surface area contributed by atoms with Gasteiger partial charge >= 0.3 is 0 Å². The van der Waals surface area contributed by atoms with E-state index in [4.69, 9.17) is 4.74 Å². The second-order valence-electron chi connectivity index (χ2n) is 5.03. The van der Waals surface area contributed by atoms with E-state index in [1.165, 1.54) is 5.56 Å². The molecule has 2 rings (SSSR count). The summed E-state index contributed by atoms with van der Waals surface area (Å²) in [7, 11) is 1.67. The first kappa shape index (κ1) is 14.8. The average Bonchev–Trinajstić information content (AvgIpc) is 2.48. The van der Waals surface area contributed by atoms with Crippen LogP contribution in [0.3, 0.4) is 0 Å². The van der Waals surface area contributed by atoms with Gasteiger partial charge in [-0.3, -0.25) is 0 Å². The summed E-state index contributed by atoms with van der Waals surface area (Å²) in [6.07, 6.45) is 1.55. The Hall–Kier alpha value is -1.64. The zero-order valence-electron chi connectivity index (χ0n) is 12.2. The topological polar surface area (TPSA) is 29.5 Å². The van der Waals surface area contributed by atoms with Crippen LogP contribution >= 0.6 is 0 Å². The summed E-state index contributed by atoms with van der Waals surface area (Å²) in [6, 6.07) is 16.1. The van der Waals surface area contributed by atoms with Gasteiger partial charge in [0.25, 0.3) is 0 Å². The smallest absolute Gasteiger partial charge is 0.104 e. The van der Waals surface area contributed by atoms with Crippen molar-refractivity contribution >= 4 is 0 Å². The molecule has 0 heterocycles. The molecule has 2 aromatic rings. The van der Waals surface area contributed by atoms with E-state index < -0.39 is 6.10 Å². The lowest BCUT2D eigenvalue weighted by molar-refractivity contribution is 0.176. The van der Waals surface area contributed by atoms with Gasteiger partial charge in [-0.05, 0) is 28.7 Å². The Morgan fingerprint density at radius 3 is 2.65 bits per heavy atom. The highest BCUT2D eigenvalue weighted by Crippen LogP contribution is 2.26. The van der Waals surface area contributed by atoms with Crippen molar-refractivity contribution in [3.05, 3.63) is 70.8 Å². The Morgan fingerprint density at radius 2 is 1.90 bits per heavy atom. The first-order valence-electron chi connectivity index (χ1n) is 7.10. The summed E-state index contributed by atoms with van der Waals surface area (Å²) in [5.74, 6) is 0. The second kappa shape index (κ2) is 7.22. The van der Waals surface area contributed by atoms with Gasteiger partial charge in [0.1, 0.15) is 6.10 Å². The first-order valence-corrected chi connectivity index (χ1v) is 7.10. The molecule has 0 spiro atoms. The fourth-order valence-electron chi connectivity index (χ4n) is 2.47. The van der Waals surface area contributed by atoms with Gasteiger partial charge in [-0.2, -0.15) is 0 Å². The molecule has 2 aromatic carbocycles. The lowest BCUT2D eigenvalue weighted by Gasteiger charge is -2.16. The Balaban J connectivity index is 2.30. The molecule has 0 aliphatic carbocycles. The van der Waals surface area contributed by atoms with E-state index >= 15 is 0 Å². The molecule has 0 bridgehead atoms. The van der Waals surface area contributed by atoms with Crippen LogP contribution < -0.4 is 0 Å². The lowest BCUT2D eigenvalue weighted by Crippen LogP contribution is -2.05. The molecule has 0 aliphatic heterocycles. The number of hydrogen-bond donors (Lipinski definition) is 1. The van der Waals surface area contributed by atoms with Crippen LogP contribution in [-0.2, 0) is 17.8 Å². The second-order valence-corrected chi connectivity index (χ2v) is 5.03. The van der Waals surface area contributed by atoms with Gasteiger partial charge in [-0.25, -0.2) is 0 Å². The molecule has 0 aromatic heterocycles. The van der Waals surface area contributed by atoms with Crippen molar-refractivity contribution in [2.75, 3.05) is 7.11 Å². The molecule has 0 radical (unpaired) electrons. The zero-order chi connectivity index (χ0) is 14.4. The molecule has 20 heavy (non-hydrogen) atoms. The standard InChI is InChI=1S/C18H22O2/c1-3-7-14-8-6-10-15(12-14)18(19)17-11-5-4-9-16(17)13-20-2/h4-6,8-12,18-19H,3,7,13H2,1-2H3. The minimum absolute atomic E-state index is 0.516. The van der Waals surface area contributed by atoms with Crippen molar-refractivity contribution in [1.29, 1.82) is 0 Å². The molecule has 1 N–H and O–H groups in total. The van der Waals surface area contributed by atoms with E-state index in [1.807, 2.05) is 36.4 Å². The van der Waals surface area contributed by atoms with E-state index in [0.29, 0.717) is 6.61 Å². The number of aliphatic hydroxyl groups excluding tert-OH is 1. The Morgan fingerprint density at radius 1 is 1.10 bits per heavy atom. The number of aryl methyl sites for hydroxylation is 1. The third-order valence-corrected chi connectivity index (χ3v) is 3.45. The van der Waals surface area contributed by atoms with E-state index in [9.17, 15) is 5.11 Å². The highest BCUT2D eigenvalue weighted by molar-refractivity contribution is 5.37. The van der Waals surface area contributed by atoms with Crippen LogP contribution in [0.25, 0.3) is 0 Å². The maximum atomic E-state index is 10.6. The van der Waals surface area contributed by atoms with Gasteiger partial charge < -0.3 is 9.84 Å². The normalized spacial score (nSPS) is 12.3. The van der Waals surface area contributed by atoms with E-state index in [-0.39, 0.29) is 0 Å². The van der Waals surface area contributed by atoms with Crippen LogP contribution in [0.2, 0.25) is 0 Å². The van der Waals surface area contributed by atoms with Crippen molar-refractivity contribution in [2.24, 2.45) is 0 Å². The Bertz CT molecular complexity index is 549. The summed E-state index contributed by atoms with van der Waals surface area (Å²) in [5, 5.41) is 10.6. The largest absolute Gasteiger partial charge is 0.384 e. The van der Waals surface area contributed by atoms with Crippen molar-refractivity contribution in [1.82, 2.24) is 0 Å². The van der Waals surface area contributed by atoms with Crippen LogP contribution in [0, 0.1) is 0 Å². The third kappa shape index (κ3) is 3.47. The first-order chi connectivity index (χ1) is 9.76.